The maximum absolute atomic E-state index is 12.9. The van der Waals surface area contributed by atoms with Crippen LogP contribution < -0.4 is 4.74 Å². The summed E-state index contributed by atoms with van der Waals surface area (Å²) in [5, 5.41) is 0. The van der Waals surface area contributed by atoms with Crippen LogP contribution in [-0.2, 0) is 0 Å². The summed E-state index contributed by atoms with van der Waals surface area (Å²) in [6.45, 7) is 1.00. The van der Waals surface area contributed by atoms with Gasteiger partial charge >= 0.3 is 6.36 Å². The number of benzene rings is 1. The van der Waals surface area contributed by atoms with Gasteiger partial charge in [0.1, 0.15) is 0 Å². The van der Waals surface area contributed by atoms with Crippen LogP contribution in [0.15, 0.2) is 12.1 Å². The van der Waals surface area contributed by atoms with Crippen LogP contribution in [0.3, 0.4) is 0 Å². The van der Waals surface area contributed by atoms with E-state index in [9.17, 15) is 26.7 Å². The summed E-state index contributed by atoms with van der Waals surface area (Å²) in [4.78, 5) is 10.8. The molecule has 0 saturated heterocycles. The third-order valence-electron chi connectivity index (χ3n) is 1.63. The zero-order chi connectivity index (χ0) is 12.5. The number of carbonyl (C=O) groups is 1. The molecule has 0 spiro atoms. The van der Waals surface area contributed by atoms with Crippen LogP contribution in [0.1, 0.15) is 17.3 Å². The Morgan fingerprint density at radius 1 is 1.25 bits per heavy atom. The van der Waals surface area contributed by atoms with Crippen LogP contribution >= 0.6 is 0 Å². The summed E-state index contributed by atoms with van der Waals surface area (Å²) in [5.41, 5.74) is -0.404. The van der Waals surface area contributed by atoms with Gasteiger partial charge in [0, 0.05) is 5.56 Å². The molecule has 1 aromatic rings. The Morgan fingerprint density at radius 3 is 2.25 bits per heavy atom. The summed E-state index contributed by atoms with van der Waals surface area (Å²) < 4.78 is 64.3. The van der Waals surface area contributed by atoms with Crippen LogP contribution in [0.2, 0.25) is 0 Å². The molecule has 88 valence electrons. The van der Waals surface area contributed by atoms with Crippen LogP contribution in [0.25, 0.3) is 0 Å². The Hall–Kier alpha value is -1.66. The Morgan fingerprint density at radius 2 is 1.81 bits per heavy atom. The van der Waals surface area contributed by atoms with Gasteiger partial charge in [-0.05, 0) is 19.1 Å². The Balaban J connectivity index is 3.22. The standard InChI is InChI=1S/C9H5F5O2/c1-4(15)5-2-6(10)8(11)7(3-5)16-9(12,13)14/h2-3H,1H3. The lowest BCUT2D eigenvalue weighted by molar-refractivity contribution is -0.275. The van der Waals surface area contributed by atoms with E-state index in [1.54, 1.807) is 0 Å². The van der Waals surface area contributed by atoms with Crippen LogP contribution in [-0.4, -0.2) is 12.1 Å². The lowest BCUT2D eigenvalue weighted by Crippen LogP contribution is -2.18. The molecule has 0 radical (unpaired) electrons. The predicted molar refractivity (Wildman–Crippen MR) is 43.0 cm³/mol. The monoisotopic (exact) mass is 240 g/mol. The van der Waals surface area contributed by atoms with E-state index >= 15 is 0 Å². The molecule has 1 aromatic carbocycles. The van der Waals surface area contributed by atoms with Gasteiger partial charge in [0.05, 0.1) is 0 Å². The molecule has 7 heteroatoms. The normalized spacial score (nSPS) is 11.4. The Kier molecular flexibility index (Phi) is 3.16. The molecule has 0 saturated carbocycles. The summed E-state index contributed by atoms with van der Waals surface area (Å²) in [6.07, 6.45) is -5.15. The second-order valence-corrected chi connectivity index (χ2v) is 2.87. The average Bonchev–Trinajstić information content (AvgIpc) is 2.10. The van der Waals surface area contributed by atoms with Gasteiger partial charge in [0.2, 0.25) is 5.82 Å². The highest BCUT2D eigenvalue weighted by Crippen LogP contribution is 2.28. The van der Waals surface area contributed by atoms with Gasteiger partial charge in [0.15, 0.2) is 17.3 Å². The van der Waals surface area contributed by atoms with E-state index in [2.05, 4.69) is 4.74 Å². The van der Waals surface area contributed by atoms with Gasteiger partial charge in [-0.3, -0.25) is 4.79 Å². The zero-order valence-corrected chi connectivity index (χ0v) is 7.86. The first-order valence-electron chi connectivity index (χ1n) is 3.96. The Bertz CT molecular complexity index is 425. The number of alkyl halides is 3. The molecule has 0 aromatic heterocycles. The van der Waals surface area contributed by atoms with Crippen molar-refractivity contribution in [2.75, 3.05) is 0 Å². The molecule has 0 atom stereocenters. The maximum atomic E-state index is 12.9. The van der Waals surface area contributed by atoms with Gasteiger partial charge in [0.25, 0.3) is 0 Å². The van der Waals surface area contributed by atoms with Gasteiger partial charge in [-0.15, -0.1) is 13.2 Å². The average molecular weight is 240 g/mol. The smallest absolute Gasteiger partial charge is 0.403 e. The first-order valence-corrected chi connectivity index (χ1v) is 3.96. The van der Waals surface area contributed by atoms with E-state index in [0.717, 1.165) is 6.92 Å². The molecule has 0 heterocycles. The van der Waals surface area contributed by atoms with Crippen molar-refractivity contribution in [1.29, 1.82) is 0 Å². The minimum atomic E-state index is -5.15. The molecular formula is C9H5F5O2. The van der Waals surface area contributed by atoms with E-state index in [1.165, 1.54) is 0 Å². The number of carbonyl (C=O) groups excluding carboxylic acids is 1. The van der Waals surface area contributed by atoms with E-state index < -0.39 is 35.1 Å². The third kappa shape index (κ3) is 2.91. The topological polar surface area (TPSA) is 26.3 Å². The van der Waals surface area contributed by atoms with Crippen molar-refractivity contribution in [3.8, 4) is 5.75 Å². The molecular weight excluding hydrogens is 235 g/mol. The molecule has 0 aliphatic heterocycles. The zero-order valence-electron chi connectivity index (χ0n) is 7.86. The summed E-state index contributed by atoms with van der Waals surface area (Å²) >= 11 is 0. The quantitative estimate of drug-likeness (QED) is 0.586. The molecule has 0 amide bonds. The molecule has 0 N–H and O–H groups in total. The summed E-state index contributed by atoms with van der Waals surface area (Å²) in [5.74, 6) is -5.43. The van der Waals surface area contributed by atoms with Crippen molar-refractivity contribution in [2.45, 2.75) is 13.3 Å². The highest BCUT2D eigenvalue weighted by molar-refractivity contribution is 5.94. The lowest BCUT2D eigenvalue weighted by atomic mass is 10.1. The largest absolute Gasteiger partial charge is 0.573 e. The Labute approximate surface area is 86.6 Å². The second kappa shape index (κ2) is 4.07. The van der Waals surface area contributed by atoms with Gasteiger partial charge in [-0.25, -0.2) is 4.39 Å². The van der Waals surface area contributed by atoms with Crippen molar-refractivity contribution < 1.29 is 31.5 Å². The minimum absolute atomic E-state index is 0.404. The molecule has 16 heavy (non-hydrogen) atoms. The highest BCUT2D eigenvalue weighted by Gasteiger charge is 2.33. The van der Waals surface area contributed by atoms with Crippen LogP contribution in [0.4, 0.5) is 22.0 Å². The minimum Gasteiger partial charge on any atom is -0.403 e. The molecule has 0 aliphatic rings. The molecule has 1 rings (SSSR count). The summed E-state index contributed by atoms with van der Waals surface area (Å²) in [6, 6.07) is 0.995. The van der Waals surface area contributed by atoms with E-state index in [-0.39, 0.29) is 0 Å². The van der Waals surface area contributed by atoms with Crippen molar-refractivity contribution in [3.05, 3.63) is 29.3 Å². The molecule has 0 bridgehead atoms. The van der Waals surface area contributed by atoms with Gasteiger partial charge in [-0.1, -0.05) is 0 Å². The number of hydrogen-bond donors (Lipinski definition) is 0. The molecule has 0 aliphatic carbocycles. The first-order chi connectivity index (χ1) is 7.20. The van der Waals surface area contributed by atoms with Crippen molar-refractivity contribution in [2.24, 2.45) is 0 Å². The van der Waals surface area contributed by atoms with E-state index in [1.807, 2.05) is 0 Å². The van der Waals surface area contributed by atoms with Crippen LogP contribution in [0.5, 0.6) is 5.75 Å². The van der Waals surface area contributed by atoms with Gasteiger partial charge < -0.3 is 4.74 Å². The fourth-order valence-corrected chi connectivity index (χ4v) is 0.966. The van der Waals surface area contributed by atoms with Crippen LogP contribution in [0, 0.1) is 11.6 Å². The fraction of sp³-hybridized carbons (Fsp3) is 0.222. The van der Waals surface area contributed by atoms with E-state index in [0.29, 0.717) is 12.1 Å². The highest BCUT2D eigenvalue weighted by atomic mass is 19.4. The molecule has 0 unspecified atom stereocenters. The summed E-state index contributed by atoms with van der Waals surface area (Å²) in [7, 11) is 0. The van der Waals surface area contributed by atoms with Crippen molar-refractivity contribution in [3.63, 3.8) is 0 Å². The number of Topliss-reactive ketones (excluding diaryl/α,β-unsaturated/α-hetero) is 1. The number of ether oxygens (including phenoxy) is 1. The number of ketones is 1. The number of halogens is 5. The molecule has 2 nitrogen and oxygen atoms in total. The second-order valence-electron chi connectivity index (χ2n) is 2.87. The number of rotatable bonds is 2. The fourth-order valence-electron chi connectivity index (χ4n) is 0.966. The van der Waals surface area contributed by atoms with Crippen molar-refractivity contribution in [1.82, 2.24) is 0 Å². The van der Waals surface area contributed by atoms with E-state index in [4.69, 9.17) is 0 Å². The third-order valence-corrected chi connectivity index (χ3v) is 1.63. The van der Waals surface area contributed by atoms with Gasteiger partial charge in [-0.2, -0.15) is 4.39 Å². The molecule has 0 fully saturated rings. The maximum Gasteiger partial charge on any atom is 0.573 e. The SMILES string of the molecule is CC(=O)c1cc(F)c(F)c(OC(F)(F)F)c1. The predicted octanol–water partition coefficient (Wildman–Crippen LogP) is 3.07. The number of hydrogen-bond acceptors (Lipinski definition) is 2. The lowest BCUT2D eigenvalue weighted by Gasteiger charge is -2.10. The van der Waals surface area contributed by atoms with Crippen molar-refractivity contribution >= 4 is 5.78 Å². The first kappa shape index (κ1) is 12.4.